The standard InChI is InChI=1S/C11H15N3O3S/c1-2-6-13-18(16,17)14-11-9-10(4-3-8-15)5-7-12-11/h5,7,9,13,15H,2,6,8H2,1H3,(H,12,14). The summed E-state index contributed by atoms with van der Waals surface area (Å²) < 4.78 is 27.7. The van der Waals surface area contributed by atoms with Gasteiger partial charge in [-0.2, -0.15) is 13.1 Å². The highest BCUT2D eigenvalue weighted by molar-refractivity contribution is 7.90. The molecule has 7 heteroatoms. The second-order valence-electron chi connectivity index (χ2n) is 3.39. The molecule has 0 aliphatic carbocycles. The van der Waals surface area contributed by atoms with Gasteiger partial charge in [-0.3, -0.25) is 4.72 Å². The maximum atomic E-state index is 11.5. The van der Waals surface area contributed by atoms with E-state index in [0.29, 0.717) is 18.5 Å². The Morgan fingerprint density at radius 2 is 2.28 bits per heavy atom. The lowest BCUT2D eigenvalue weighted by Crippen LogP contribution is -2.30. The number of aromatic nitrogens is 1. The minimum atomic E-state index is -3.59. The first-order valence-corrected chi connectivity index (χ1v) is 6.89. The van der Waals surface area contributed by atoms with Crippen LogP contribution in [0.15, 0.2) is 18.3 Å². The van der Waals surface area contributed by atoms with Gasteiger partial charge < -0.3 is 5.11 Å². The zero-order chi connectivity index (χ0) is 13.4. The molecule has 1 heterocycles. The second kappa shape index (κ2) is 6.96. The lowest BCUT2D eigenvalue weighted by atomic mass is 10.2. The summed E-state index contributed by atoms with van der Waals surface area (Å²) in [7, 11) is -3.59. The summed E-state index contributed by atoms with van der Waals surface area (Å²) in [4.78, 5) is 3.88. The molecule has 0 aliphatic rings. The maximum Gasteiger partial charge on any atom is 0.300 e. The van der Waals surface area contributed by atoms with E-state index in [1.807, 2.05) is 6.92 Å². The van der Waals surface area contributed by atoms with Crippen molar-refractivity contribution in [2.24, 2.45) is 0 Å². The Labute approximate surface area is 107 Å². The predicted molar refractivity (Wildman–Crippen MR) is 69.0 cm³/mol. The van der Waals surface area contributed by atoms with Crippen molar-refractivity contribution in [3.05, 3.63) is 23.9 Å². The Balaban J connectivity index is 2.79. The fraction of sp³-hybridized carbons (Fsp3) is 0.364. The van der Waals surface area contributed by atoms with Crippen LogP contribution in [0.5, 0.6) is 0 Å². The zero-order valence-electron chi connectivity index (χ0n) is 9.97. The molecule has 0 amide bonds. The first kappa shape index (κ1) is 14.4. The van der Waals surface area contributed by atoms with Gasteiger partial charge in [0.05, 0.1) is 0 Å². The number of pyridine rings is 1. The topological polar surface area (TPSA) is 91.3 Å². The van der Waals surface area contributed by atoms with Crippen LogP contribution in [0.2, 0.25) is 0 Å². The molecule has 0 saturated heterocycles. The van der Waals surface area contributed by atoms with E-state index in [1.54, 1.807) is 6.07 Å². The molecular weight excluding hydrogens is 254 g/mol. The van der Waals surface area contributed by atoms with Gasteiger partial charge in [-0.05, 0) is 18.6 Å². The average Bonchev–Trinajstić information content (AvgIpc) is 2.34. The van der Waals surface area contributed by atoms with Crippen LogP contribution in [-0.4, -0.2) is 31.7 Å². The molecule has 0 aliphatic heterocycles. The molecular formula is C11H15N3O3S. The van der Waals surface area contributed by atoms with Crippen molar-refractivity contribution in [3.63, 3.8) is 0 Å². The van der Waals surface area contributed by atoms with E-state index < -0.39 is 10.2 Å². The first-order chi connectivity index (χ1) is 8.57. The highest BCUT2D eigenvalue weighted by atomic mass is 32.2. The van der Waals surface area contributed by atoms with E-state index in [-0.39, 0.29) is 12.4 Å². The normalized spacial score (nSPS) is 10.6. The number of hydrogen-bond acceptors (Lipinski definition) is 4. The van der Waals surface area contributed by atoms with Crippen molar-refractivity contribution in [1.29, 1.82) is 0 Å². The Bertz CT molecular complexity index is 546. The Morgan fingerprint density at radius 3 is 2.94 bits per heavy atom. The van der Waals surface area contributed by atoms with E-state index in [4.69, 9.17) is 5.11 Å². The summed E-state index contributed by atoms with van der Waals surface area (Å²) >= 11 is 0. The maximum absolute atomic E-state index is 11.5. The smallest absolute Gasteiger partial charge is 0.300 e. The number of anilines is 1. The second-order valence-corrected chi connectivity index (χ2v) is 4.89. The SMILES string of the molecule is CCCNS(=O)(=O)Nc1cc(C#CCO)ccn1. The number of hydrogen-bond donors (Lipinski definition) is 3. The summed E-state index contributed by atoms with van der Waals surface area (Å²) in [5.74, 6) is 5.33. The molecule has 0 aromatic carbocycles. The Kier molecular flexibility index (Phi) is 5.58. The molecule has 18 heavy (non-hydrogen) atoms. The van der Waals surface area contributed by atoms with Crippen molar-refractivity contribution >= 4 is 16.0 Å². The van der Waals surface area contributed by atoms with Gasteiger partial charge in [-0.1, -0.05) is 18.8 Å². The summed E-state index contributed by atoms with van der Waals surface area (Å²) in [5, 5.41) is 8.57. The molecule has 1 aromatic rings. The molecule has 1 rings (SSSR count). The van der Waals surface area contributed by atoms with Crippen LogP contribution in [0.25, 0.3) is 0 Å². The van der Waals surface area contributed by atoms with Crippen molar-refractivity contribution in [1.82, 2.24) is 9.71 Å². The summed E-state index contributed by atoms with van der Waals surface area (Å²) in [6.45, 7) is 1.98. The third-order valence-corrected chi connectivity index (χ3v) is 2.91. The van der Waals surface area contributed by atoms with E-state index in [0.717, 1.165) is 0 Å². The van der Waals surface area contributed by atoms with Gasteiger partial charge in [0.2, 0.25) is 0 Å². The van der Waals surface area contributed by atoms with Crippen molar-refractivity contribution in [3.8, 4) is 11.8 Å². The van der Waals surface area contributed by atoms with Crippen molar-refractivity contribution in [2.75, 3.05) is 17.9 Å². The summed E-state index contributed by atoms with van der Waals surface area (Å²) in [6.07, 6.45) is 2.15. The Hall–Kier alpha value is -1.62. The van der Waals surface area contributed by atoms with Gasteiger partial charge in [0.25, 0.3) is 10.2 Å². The highest BCUT2D eigenvalue weighted by Gasteiger charge is 2.09. The minimum absolute atomic E-state index is 0.184. The van der Waals surface area contributed by atoms with Crippen LogP contribution in [0.1, 0.15) is 18.9 Å². The minimum Gasteiger partial charge on any atom is -0.384 e. The van der Waals surface area contributed by atoms with Gasteiger partial charge in [0, 0.05) is 18.3 Å². The van der Waals surface area contributed by atoms with Crippen LogP contribution >= 0.6 is 0 Å². The zero-order valence-corrected chi connectivity index (χ0v) is 10.8. The number of nitrogens with zero attached hydrogens (tertiary/aromatic N) is 1. The third-order valence-electron chi connectivity index (χ3n) is 1.85. The predicted octanol–water partition coefficient (Wildman–Crippen LogP) is 0.0817. The third kappa shape index (κ3) is 5.14. The lowest BCUT2D eigenvalue weighted by Gasteiger charge is -2.07. The highest BCUT2D eigenvalue weighted by Crippen LogP contribution is 2.06. The largest absolute Gasteiger partial charge is 0.384 e. The number of aliphatic hydroxyl groups is 1. The first-order valence-electron chi connectivity index (χ1n) is 5.40. The van der Waals surface area contributed by atoms with E-state index in [2.05, 4.69) is 26.3 Å². The quantitative estimate of drug-likeness (QED) is 0.660. The van der Waals surface area contributed by atoms with Crippen LogP contribution in [0, 0.1) is 11.8 Å². The summed E-state index contributed by atoms with van der Waals surface area (Å²) in [6, 6.07) is 3.12. The van der Waals surface area contributed by atoms with E-state index in [1.165, 1.54) is 12.3 Å². The molecule has 98 valence electrons. The molecule has 0 atom stereocenters. The molecule has 1 aromatic heterocycles. The summed E-state index contributed by atoms with van der Waals surface area (Å²) in [5.41, 5.74) is 0.576. The number of nitrogens with one attached hydrogen (secondary N) is 2. The lowest BCUT2D eigenvalue weighted by molar-refractivity contribution is 0.350. The number of rotatable bonds is 5. The van der Waals surface area contributed by atoms with Gasteiger partial charge in [-0.15, -0.1) is 0 Å². The fourth-order valence-corrected chi connectivity index (χ4v) is 2.05. The van der Waals surface area contributed by atoms with Gasteiger partial charge in [0.1, 0.15) is 12.4 Å². The number of aliphatic hydroxyl groups excluding tert-OH is 1. The van der Waals surface area contributed by atoms with E-state index >= 15 is 0 Å². The van der Waals surface area contributed by atoms with Gasteiger partial charge in [0.15, 0.2) is 0 Å². The molecule has 0 radical (unpaired) electrons. The molecule has 3 N–H and O–H groups in total. The molecule has 0 unspecified atom stereocenters. The monoisotopic (exact) mass is 269 g/mol. The van der Waals surface area contributed by atoms with Crippen LogP contribution < -0.4 is 9.44 Å². The van der Waals surface area contributed by atoms with Crippen LogP contribution in [-0.2, 0) is 10.2 Å². The van der Waals surface area contributed by atoms with Crippen molar-refractivity contribution < 1.29 is 13.5 Å². The van der Waals surface area contributed by atoms with E-state index in [9.17, 15) is 8.42 Å². The van der Waals surface area contributed by atoms with Crippen molar-refractivity contribution in [2.45, 2.75) is 13.3 Å². The average molecular weight is 269 g/mol. The van der Waals surface area contributed by atoms with Crippen LogP contribution in [0.3, 0.4) is 0 Å². The fourth-order valence-electron chi connectivity index (χ4n) is 1.12. The molecule has 0 spiro atoms. The molecule has 0 saturated carbocycles. The van der Waals surface area contributed by atoms with Gasteiger partial charge in [-0.25, -0.2) is 4.98 Å². The molecule has 6 nitrogen and oxygen atoms in total. The molecule has 0 fully saturated rings. The van der Waals surface area contributed by atoms with Crippen LogP contribution in [0.4, 0.5) is 5.82 Å². The Morgan fingerprint density at radius 1 is 1.50 bits per heavy atom. The van der Waals surface area contributed by atoms with Gasteiger partial charge >= 0.3 is 0 Å². The molecule has 0 bridgehead atoms.